The molecule has 18 heavy (non-hydrogen) atoms. The molecule has 0 radical (unpaired) electrons. The van der Waals surface area contributed by atoms with Crippen molar-refractivity contribution in [1.29, 1.82) is 0 Å². The van der Waals surface area contributed by atoms with Gasteiger partial charge in [-0.15, -0.1) is 0 Å². The van der Waals surface area contributed by atoms with E-state index >= 15 is 0 Å². The number of halogens is 3. The smallest absolute Gasteiger partial charge is 0.123 e. The van der Waals surface area contributed by atoms with Gasteiger partial charge in [-0.2, -0.15) is 5.10 Å². The summed E-state index contributed by atoms with van der Waals surface area (Å²) in [6.07, 6.45) is 1.57. The van der Waals surface area contributed by atoms with Crippen LogP contribution in [0.25, 0.3) is 0 Å². The van der Waals surface area contributed by atoms with E-state index in [4.69, 9.17) is 23.2 Å². The van der Waals surface area contributed by atoms with Crippen LogP contribution in [0.15, 0.2) is 47.6 Å². The molecule has 0 fully saturated rings. The Kier molecular flexibility index (Phi) is 4.18. The van der Waals surface area contributed by atoms with Crippen LogP contribution in [0.2, 0.25) is 10.0 Å². The van der Waals surface area contributed by atoms with Crippen LogP contribution in [0.3, 0.4) is 0 Å². The monoisotopic (exact) mass is 282 g/mol. The summed E-state index contributed by atoms with van der Waals surface area (Å²) in [5.41, 5.74) is 4.21. The van der Waals surface area contributed by atoms with Gasteiger partial charge in [-0.1, -0.05) is 29.3 Å². The minimum absolute atomic E-state index is 0.287. The van der Waals surface area contributed by atoms with E-state index in [0.29, 0.717) is 15.7 Å². The molecule has 0 saturated carbocycles. The molecule has 0 heterocycles. The number of nitrogens with one attached hydrogen (secondary N) is 1. The summed E-state index contributed by atoms with van der Waals surface area (Å²) in [7, 11) is 0. The zero-order valence-corrected chi connectivity index (χ0v) is 10.7. The molecule has 0 amide bonds. The number of hydrogen-bond donors (Lipinski definition) is 1. The van der Waals surface area contributed by atoms with Crippen LogP contribution in [0.1, 0.15) is 5.56 Å². The Labute approximate surface area is 114 Å². The van der Waals surface area contributed by atoms with Crippen molar-refractivity contribution in [3.05, 3.63) is 63.9 Å². The highest BCUT2D eigenvalue weighted by Crippen LogP contribution is 2.19. The first-order valence-electron chi connectivity index (χ1n) is 5.15. The number of hydrazone groups is 1. The van der Waals surface area contributed by atoms with Gasteiger partial charge in [0.1, 0.15) is 5.82 Å². The standard InChI is InChI=1S/C13H9Cl2FN2/c14-10-2-1-9(13(15)7-10)8-17-18-12-5-3-11(16)4-6-12/h1-8,18H/b17-8-. The van der Waals surface area contributed by atoms with Gasteiger partial charge in [0.2, 0.25) is 0 Å². The van der Waals surface area contributed by atoms with Gasteiger partial charge < -0.3 is 0 Å². The van der Waals surface area contributed by atoms with E-state index in [1.807, 2.05) is 0 Å². The zero-order chi connectivity index (χ0) is 13.0. The molecule has 5 heteroatoms. The van der Waals surface area contributed by atoms with Crippen molar-refractivity contribution >= 4 is 35.1 Å². The topological polar surface area (TPSA) is 24.4 Å². The summed E-state index contributed by atoms with van der Waals surface area (Å²) >= 11 is 11.8. The van der Waals surface area contributed by atoms with Gasteiger partial charge in [-0.25, -0.2) is 4.39 Å². The van der Waals surface area contributed by atoms with Gasteiger partial charge in [0.25, 0.3) is 0 Å². The number of rotatable bonds is 3. The van der Waals surface area contributed by atoms with E-state index in [1.165, 1.54) is 12.1 Å². The van der Waals surface area contributed by atoms with E-state index in [1.54, 1.807) is 36.5 Å². The first-order chi connectivity index (χ1) is 8.65. The first kappa shape index (κ1) is 12.9. The predicted octanol–water partition coefficient (Wildman–Crippen LogP) is 4.58. The van der Waals surface area contributed by atoms with Gasteiger partial charge in [-0.05, 0) is 36.4 Å². The van der Waals surface area contributed by atoms with Crippen LogP contribution >= 0.6 is 23.2 Å². The van der Waals surface area contributed by atoms with Gasteiger partial charge in [-0.3, -0.25) is 5.43 Å². The molecule has 0 aromatic heterocycles. The number of benzene rings is 2. The Bertz CT molecular complexity index is 568. The Hall–Kier alpha value is -1.58. The van der Waals surface area contributed by atoms with Crippen LogP contribution in [-0.2, 0) is 0 Å². The molecule has 2 nitrogen and oxygen atoms in total. The highest BCUT2D eigenvalue weighted by Gasteiger charge is 1.97. The Morgan fingerprint density at radius 2 is 1.78 bits per heavy atom. The van der Waals surface area contributed by atoms with Crippen LogP contribution < -0.4 is 5.43 Å². The SMILES string of the molecule is Fc1ccc(N/N=C\c2ccc(Cl)cc2Cl)cc1. The molecule has 0 aliphatic carbocycles. The maximum Gasteiger partial charge on any atom is 0.123 e. The molecule has 0 bridgehead atoms. The molecule has 2 aromatic rings. The molecule has 0 aliphatic rings. The quantitative estimate of drug-likeness (QED) is 0.647. The van der Waals surface area contributed by atoms with Gasteiger partial charge >= 0.3 is 0 Å². The summed E-state index contributed by atoms with van der Waals surface area (Å²) in [6.45, 7) is 0. The van der Waals surface area contributed by atoms with Gasteiger partial charge in [0, 0.05) is 10.6 Å². The molecule has 1 N–H and O–H groups in total. The van der Waals surface area contributed by atoms with Crippen molar-refractivity contribution in [2.24, 2.45) is 5.10 Å². The average Bonchev–Trinajstić information content (AvgIpc) is 2.34. The van der Waals surface area contributed by atoms with Crippen molar-refractivity contribution in [3.63, 3.8) is 0 Å². The maximum atomic E-state index is 12.7. The second kappa shape index (κ2) is 5.85. The lowest BCUT2D eigenvalue weighted by Crippen LogP contribution is -1.91. The van der Waals surface area contributed by atoms with Crippen LogP contribution in [0.4, 0.5) is 10.1 Å². The summed E-state index contributed by atoms with van der Waals surface area (Å²) in [5.74, 6) is -0.287. The molecule has 0 spiro atoms. The highest BCUT2D eigenvalue weighted by molar-refractivity contribution is 6.36. The predicted molar refractivity (Wildman–Crippen MR) is 74.1 cm³/mol. The van der Waals surface area contributed by atoms with Gasteiger partial charge in [0.05, 0.1) is 16.9 Å². The minimum Gasteiger partial charge on any atom is -0.279 e. The Balaban J connectivity index is 2.05. The van der Waals surface area contributed by atoms with Crippen LogP contribution in [0.5, 0.6) is 0 Å². The van der Waals surface area contributed by atoms with Crippen molar-refractivity contribution in [1.82, 2.24) is 0 Å². The lowest BCUT2D eigenvalue weighted by atomic mass is 10.2. The Morgan fingerprint density at radius 3 is 2.44 bits per heavy atom. The zero-order valence-electron chi connectivity index (χ0n) is 9.20. The Morgan fingerprint density at radius 1 is 1.06 bits per heavy atom. The van der Waals surface area contributed by atoms with Crippen LogP contribution in [-0.4, -0.2) is 6.21 Å². The third-order valence-electron chi connectivity index (χ3n) is 2.20. The van der Waals surface area contributed by atoms with E-state index in [0.717, 1.165) is 5.56 Å². The normalized spacial score (nSPS) is 10.8. The molecular weight excluding hydrogens is 274 g/mol. The summed E-state index contributed by atoms with van der Waals surface area (Å²) in [4.78, 5) is 0. The molecule has 0 aliphatic heterocycles. The van der Waals surface area contributed by atoms with Crippen molar-refractivity contribution in [2.75, 3.05) is 5.43 Å². The lowest BCUT2D eigenvalue weighted by Gasteiger charge is -2.00. The largest absolute Gasteiger partial charge is 0.279 e. The second-order valence-electron chi connectivity index (χ2n) is 3.54. The maximum absolute atomic E-state index is 12.7. The highest BCUT2D eigenvalue weighted by atomic mass is 35.5. The fourth-order valence-electron chi connectivity index (χ4n) is 1.31. The second-order valence-corrected chi connectivity index (χ2v) is 4.39. The summed E-state index contributed by atoms with van der Waals surface area (Å²) in [6, 6.07) is 11.0. The van der Waals surface area contributed by atoms with E-state index in [-0.39, 0.29) is 5.82 Å². The fourth-order valence-corrected chi connectivity index (χ4v) is 1.76. The van der Waals surface area contributed by atoms with Crippen LogP contribution in [0, 0.1) is 5.82 Å². The molecule has 0 unspecified atom stereocenters. The van der Waals surface area contributed by atoms with E-state index in [9.17, 15) is 4.39 Å². The molecular formula is C13H9Cl2FN2. The summed E-state index contributed by atoms with van der Waals surface area (Å²) in [5, 5.41) is 5.10. The van der Waals surface area contributed by atoms with Gasteiger partial charge in [0.15, 0.2) is 0 Å². The molecule has 92 valence electrons. The third kappa shape index (κ3) is 3.45. The average molecular weight is 283 g/mol. The van der Waals surface area contributed by atoms with E-state index in [2.05, 4.69) is 10.5 Å². The molecule has 2 aromatic carbocycles. The number of nitrogens with zero attached hydrogens (tertiary/aromatic N) is 1. The van der Waals surface area contributed by atoms with E-state index < -0.39 is 0 Å². The van der Waals surface area contributed by atoms with Crippen molar-refractivity contribution in [2.45, 2.75) is 0 Å². The minimum atomic E-state index is -0.287. The van der Waals surface area contributed by atoms with Crippen molar-refractivity contribution < 1.29 is 4.39 Å². The third-order valence-corrected chi connectivity index (χ3v) is 2.77. The fraction of sp³-hybridized carbons (Fsp3) is 0. The van der Waals surface area contributed by atoms with Crippen molar-refractivity contribution in [3.8, 4) is 0 Å². The lowest BCUT2D eigenvalue weighted by molar-refractivity contribution is 0.628. The molecule has 2 rings (SSSR count). The molecule has 0 atom stereocenters. The number of hydrogen-bond acceptors (Lipinski definition) is 2. The molecule has 0 saturated heterocycles. The number of anilines is 1. The first-order valence-corrected chi connectivity index (χ1v) is 5.90. The summed E-state index contributed by atoms with van der Waals surface area (Å²) < 4.78 is 12.7.